The third-order valence-corrected chi connectivity index (χ3v) is 4.58. The molecule has 29 heavy (non-hydrogen) atoms. The minimum atomic E-state index is -4.73. The first-order valence-corrected chi connectivity index (χ1v) is 9.09. The molecule has 0 radical (unpaired) electrons. The highest BCUT2D eigenvalue weighted by atomic mass is 35.5. The van der Waals surface area contributed by atoms with Gasteiger partial charge in [-0.15, -0.1) is 25.6 Å². The summed E-state index contributed by atoms with van der Waals surface area (Å²) in [7, 11) is 0. The van der Waals surface area contributed by atoms with E-state index >= 15 is 0 Å². The lowest BCUT2D eigenvalue weighted by atomic mass is 9.77. The van der Waals surface area contributed by atoms with E-state index in [-0.39, 0.29) is 34.7 Å². The molecule has 7 heteroatoms. The number of rotatable bonds is 3. The predicted octanol–water partition coefficient (Wildman–Crippen LogP) is 6.36. The standard InChI is InChI=1S/C22H28F3NO2.ClH/c1-20(2,3)16-11-14(12-17(19(16)27)21(4,5)6)18(26)13-7-9-15(10-8-13)28-22(23,24)25;/h7-12,18,27H,26H2,1-6H3;1H/t18-;/m0./s1. The number of halogens is 4. The minimum absolute atomic E-state index is 0. The molecule has 0 bridgehead atoms. The van der Waals surface area contributed by atoms with Crippen molar-refractivity contribution in [2.24, 2.45) is 5.73 Å². The van der Waals surface area contributed by atoms with Gasteiger partial charge in [0.25, 0.3) is 0 Å². The van der Waals surface area contributed by atoms with Crippen LogP contribution in [0.2, 0.25) is 0 Å². The molecule has 0 aliphatic carbocycles. The molecule has 0 aromatic heterocycles. The summed E-state index contributed by atoms with van der Waals surface area (Å²) in [6.45, 7) is 12.0. The molecule has 0 heterocycles. The largest absolute Gasteiger partial charge is 0.573 e. The molecule has 3 N–H and O–H groups in total. The molecule has 0 spiro atoms. The summed E-state index contributed by atoms with van der Waals surface area (Å²) in [5.74, 6) is -0.0372. The van der Waals surface area contributed by atoms with Crippen LogP contribution in [0.25, 0.3) is 0 Å². The number of benzene rings is 2. The van der Waals surface area contributed by atoms with E-state index in [4.69, 9.17) is 5.73 Å². The van der Waals surface area contributed by atoms with Gasteiger partial charge in [0.1, 0.15) is 11.5 Å². The highest BCUT2D eigenvalue weighted by Crippen LogP contribution is 2.41. The number of hydrogen-bond donors (Lipinski definition) is 2. The average Bonchev–Trinajstić information content (AvgIpc) is 2.51. The topological polar surface area (TPSA) is 55.5 Å². The maximum absolute atomic E-state index is 12.3. The van der Waals surface area contributed by atoms with E-state index in [2.05, 4.69) is 4.74 Å². The van der Waals surface area contributed by atoms with Crippen LogP contribution in [-0.2, 0) is 10.8 Å². The monoisotopic (exact) mass is 431 g/mol. The van der Waals surface area contributed by atoms with Gasteiger partial charge in [-0.2, -0.15) is 0 Å². The lowest BCUT2D eigenvalue weighted by Crippen LogP contribution is -2.20. The number of ether oxygens (including phenoxy) is 1. The van der Waals surface area contributed by atoms with Crippen LogP contribution in [-0.4, -0.2) is 11.5 Å². The molecule has 0 fully saturated rings. The SMILES string of the molecule is CC(C)(C)c1cc([C@@H](N)c2ccc(OC(F)(F)F)cc2)cc(C(C)(C)C)c1O.Cl. The number of nitrogens with two attached hydrogens (primary N) is 1. The molecule has 0 aliphatic rings. The quantitative estimate of drug-likeness (QED) is 0.594. The third kappa shape index (κ3) is 6.28. The second-order valence-electron chi connectivity index (χ2n) is 9.06. The van der Waals surface area contributed by atoms with Gasteiger partial charge in [0.15, 0.2) is 0 Å². The Bertz CT molecular complexity index is 800. The van der Waals surface area contributed by atoms with Crippen molar-refractivity contribution in [1.82, 2.24) is 0 Å². The smallest absolute Gasteiger partial charge is 0.507 e. The van der Waals surface area contributed by atoms with Gasteiger partial charge in [-0.3, -0.25) is 0 Å². The van der Waals surface area contributed by atoms with Gasteiger partial charge in [0.05, 0.1) is 6.04 Å². The molecule has 0 aliphatic heterocycles. The van der Waals surface area contributed by atoms with Crippen molar-refractivity contribution >= 4 is 12.4 Å². The van der Waals surface area contributed by atoms with Crippen molar-refractivity contribution in [2.45, 2.75) is 64.8 Å². The molecular formula is C22H29ClF3NO2. The van der Waals surface area contributed by atoms with Crippen molar-refractivity contribution in [3.8, 4) is 11.5 Å². The summed E-state index contributed by atoms with van der Waals surface area (Å²) >= 11 is 0. The zero-order chi connectivity index (χ0) is 21.5. The fourth-order valence-electron chi connectivity index (χ4n) is 3.05. The summed E-state index contributed by atoms with van der Waals surface area (Å²) in [6.07, 6.45) is -4.73. The van der Waals surface area contributed by atoms with E-state index in [0.717, 1.165) is 16.7 Å². The van der Waals surface area contributed by atoms with Crippen LogP contribution in [0.3, 0.4) is 0 Å². The molecule has 3 nitrogen and oxygen atoms in total. The fraction of sp³-hybridized carbons (Fsp3) is 0.455. The van der Waals surface area contributed by atoms with Gasteiger partial charge in [0, 0.05) is 0 Å². The Kier molecular flexibility index (Phi) is 7.31. The predicted molar refractivity (Wildman–Crippen MR) is 112 cm³/mol. The first-order valence-electron chi connectivity index (χ1n) is 9.09. The van der Waals surface area contributed by atoms with Gasteiger partial charge in [-0.1, -0.05) is 53.7 Å². The molecule has 1 atom stereocenters. The van der Waals surface area contributed by atoms with Crippen LogP contribution >= 0.6 is 12.4 Å². The average molecular weight is 432 g/mol. The Balaban J connectivity index is 0.00000420. The lowest BCUT2D eigenvalue weighted by molar-refractivity contribution is -0.274. The summed E-state index contributed by atoms with van der Waals surface area (Å²) in [4.78, 5) is 0. The van der Waals surface area contributed by atoms with Gasteiger partial charge in [-0.05, 0) is 57.3 Å². The number of phenolic OH excluding ortho intramolecular Hbond substituents is 1. The van der Waals surface area contributed by atoms with Crippen LogP contribution < -0.4 is 10.5 Å². The lowest BCUT2D eigenvalue weighted by Gasteiger charge is -2.29. The summed E-state index contributed by atoms with van der Waals surface area (Å²) < 4.78 is 40.9. The first kappa shape index (κ1) is 25.1. The van der Waals surface area contributed by atoms with E-state index < -0.39 is 12.4 Å². The first-order chi connectivity index (χ1) is 12.6. The molecule has 2 rings (SSSR count). The molecule has 0 saturated carbocycles. The van der Waals surface area contributed by atoms with Gasteiger partial charge in [0.2, 0.25) is 0 Å². The number of phenols is 1. The van der Waals surface area contributed by atoms with Crippen molar-refractivity contribution in [3.63, 3.8) is 0 Å². The Morgan fingerprint density at radius 3 is 1.59 bits per heavy atom. The third-order valence-electron chi connectivity index (χ3n) is 4.58. The summed E-state index contributed by atoms with van der Waals surface area (Å²) in [5, 5.41) is 10.8. The van der Waals surface area contributed by atoms with E-state index in [9.17, 15) is 18.3 Å². The number of aromatic hydroxyl groups is 1. The minimum Gasteiger partial charge on any atom is -0.507 e. The summed E-state index contributed by atoms with van der Waals surface area (Å²) in [5.41, 5.74) is 8.82. The summed E-state index contributed by atoms with van der Waals surface area (Å²) in [6, 6.07) is 8.72. The Hall–Kier alpha value is -1.92. The Labute approximate surface area is 176 Å². The fourth-order valence-corrected chi connectivity index (χ4v) is 3.05. The second-order valence-corrected chi connectivity index (χ2v) is 9.06. The van der Waals surface area contributed by atoms with Crippen LogP contribution in [0.15, 0.2) is 36.4 Å². The molecule has 2 aromatic rings. The molecule has 162 valence electrons. The van der Waals surface area contributed by atoms with Gasteiger partial charge in [-0.25, -0.2) is 0 Å². The van der Waals surface area contributed by atoms with Crippen LogP contribution in [0.5, 0.6) is 11.5 Å². The molecule has 0 unspecified atom stereocenters. The van der Waals surface area contributed by atoms with Crippen molar-refractivity contribution in [2.75, 3.05) is 0 Å². The van der Waals surface area contributed by atoms with Crippen LogP contribution in [0.1, 0.15) is 69.8 Å². The highest BCUT2D eigenvalue weighted by Gasteiger charge is 2.31. The maximum Gasteiger partial charge on any atom is 0.573 e. The Morgan fingerprint density at radius 2 is 1.24 bits per heavy atom. The van der Waals surface area contributed by atoms with E-state index in [1.54, 1.807) is 0 Å². The molecule has 0 saturated heterocycles. The molecular weight excluding hydrogens is 403 g/mol. The highest BCUT2D eigenvalue weighted by molar-refractivity contribution is 5.85. The van der Waals surface area contributed by atoms with E-state index in [1.165, 1.54) is 24.3 Å². The Morgan fingerprint density at radius 1 is 0.828 bits per heavy atom. The van der Waals surface area contributed by atoms with Crippen LogP contribution in [0.4, 0.5) is 13.2 Å². The van der Waals surface area contributed by atoms with Crippen molar-refractivity contribution in [3.05, 3.63) is 58.7 Å². The maximum atomic E-state index is 12.3. The second kappa shape index (κ2) is 8.44. The number of alkyl halides is 3. The zero-order valence-corrected chi connectivity index (χ0v) is 18.3. The van der Waals surface area contributed by atoms with Crippen LogP contribution in [0, 0.1) is 0 Å². The van der Waals surface area contributed by atoms with E-state index in [0.29, 0.717) is 5.56 Å². The zero-order valence-electron chi connectivity index (χ0n) is 17.5. The van der Waals surface area contributed by atoms with Gasteiger partial charge >= 0.3 is 6.36 Å². The van der Waals surface area contributed by atoms with E-state index in [1.807, 2.05) is 53.7 Å². The molecule has 2 aromatic carbocycles. The van der Waals surface area contributed by atoms with Crippen molar-refractivity contribution < 1.29 is 23.0 Å². The normalized spacial score (nSPS) is 13.6. The van der Waals surface area contributed by atoms with Crippen molar-refractivity contribution in [1.29, 1.82) is 0 Å². The van der Waals surface area contributed by atoms with Gasteiger partial charge < -0.3 is 15.6 Å². The number of hydrogen-bond acceptors (Lipinski definition) is 3. The molecule has 0 amide bonds.